The first-order chi connectivity index (χ1) is 11.3. The van der Waals surface area contributed by atoms with Crippen LogP contribution < -0.4 is 4.72 Å². The van der Waals surface area contributed by atoms with Crippen LogP contribution in [0.5, 0.6) is 0 Å². The quantitative estimate of drug-likeness (QED) is 0.739. The zero-order valence-electron chi connectivity index (χ0n) is 13.2. The number of fused-ring (bicyclic) bond motifs is 3. The number of furan rings is 1. The number of aliphatic carboxylic acids is 1. The fourth-order valence-corrected chi connectivity index (χ4v) is 3.94. The molecule has 3 aromatic rings. The highest BCUT2D eigenvalue weighted by Gasteiger charge is 2.28. The molecule has 0 aliphatic rings. The van der Waals surface area contributed by atoms with Crippen LogP contribution in [-0.4, -0.2) is 25.5 Å². The second-order valence-electron chi connectivity index (χ2n) is 5.94. The number of carboxylic acid groups (broad SMARTS) is 1. The first-order valence-electron chi connectivity index (χ1n) is 7.46. The molecule has 6 nitrogen and oxygen atoms in total. The average Bonchev–Trinajstić information content (AvgIpc) is 2.90. The average molecular weight is 347 g/mol. The smallest absolute Gasteiger partial charge is 0.322 e. The summed E-state index contributed by atoms with van der Waals surface area (Å²) in [5.41, 5.74) is 1.24. The van der Waals surface area contributed by atoms with Crippen molar-refractivity contribution in [2.45, 2.75) is 24.8 Å². The highest BCUT2D eigenvalue weighted by atomic mass is 32.2. The van der Waals surface area contributed by atoms with Crippen molar-refractivity contribution in [2.24, 2.45) is 5.92 Å². The molecule has 1 aromatic heterocycles. The zero-order valence-corrected chi connectivity index (χ0v) is 14.0. The van der Waals surface area contributed by atoms with Crippen molar-refractivity contribution >= 4 is 37.9 Å². The number of rotatable bonds is 5. The Labute approximate surface area is 139 Å². The Balaban J connectivity index is 2.07. The van der Waals surface area contributed by atoms with Gasteiger partial charge >= 0.3 is 5.97 Å². The van der Waals surface area contributed by atoms with E-state index < -0.39 is 22.0 Å². The summed E-state index contributed by atoms with van der Waals surface area (Å²) in [5.74, 6) is -1.58. The summed E-state index contributed by atoms with van der Waals surface area (Å²) >= 11 is 0. The molecule has 1 atom stereocenters. The Morgan fingerprint density at radius 1 is 1.08 bits per heavy atom. The lowest BCUT2D eigenvalue weighted by Crippen LogP contribution is -2.44. The second kappa shape index (κ2) is 5.92. The van der Waals surface area contributed by atoms with Gasteiger partial charge in [-0.3, -0.25) is 4.79 Å². The minimum Gasteiger partial charge on any atom is -0.480 e. The predicted molar refractivity (Wildman–Crippen MR) is 90.3 cm³/mol. The van der Waals surface area contributed by atoms with Gasteiger partial charge in [-0.15, -0.1) is 0 Å². The maximum atomic E-state index is 12.5. The van der Waals surface area contributed by atoms with Crippen molar-refractivity contribution in [1.82, 2.24) is 4.72 Å². The van der Waals surface area contributed by atoms with Gasteiger partial charge in [0, 0.05) is 10.8 Å². The van der Waals surface area contributed by atoms with Crippen LogP contribution in [0.4, 0.5) is 0 Å². The number of benzene rings is 2. The molecule has 0 amide bonds. The summed E-state index contributed by atoms with van der Waals surface area (Å²) < 4.78 is 33.0. The minimum absolute atomic E-state index is 0.00783. The van der Waals surface area contributed by atoms with E-state index in [2.05, 4.69) is 4.72 Å². The fourth-order valence-electron chi connectivity index (χ4n) is 2.58. The Morgan fingerprint density at radius 3 is 2.42 bits per heavy atom. The van der Waals surface area contributed by atoms with Gasteiger partial charge in [0.15, 0.2) is 0 Å². The summed E-state index contributed by atoms with van der Waals surface area (Å²) in [5, 5.41) is 10.7. The number of hydrogen-bond acceptors (Lipinski definition) is 4. The molecule has 0 radical (unpaired) electrons. The molecule has 2 aromatic carbocycles. The van der Waals surface area contributed by atoms with Crippen molar-refractivity contribution < 1.29 is 22.7 Å². The van der Waals surface area contributed by atoms with Gasteiger partial charge < -0.3 is 9.52 Å². The zero-order chi connectivity index (χ0) is 17.5. The van der Waals surface area contributed by atoms with Gasteiger partial charge in [-0.2, -0.15) is 4.72 Å². The molecule has 0 aliphatic carbocycles. The summed E-state index contributed by atoms with van der Waals surface area (Å²) in [6, 6.07) is 10.6. The number of hydrogen-bond donors (Lipinski definition) is 2. The molecular weight excluding hydrogens is 330 g/mol. The van der Waals surface area contributed by atoms with Gasteiger partial charge in [0.25, 0.3) is 0 Å². The number of sulfonamides is 1. The van der Waals surface area contributed by atoms with Gasteiger partial charge in [-0.05, 0) is 30.2 Å². The Bertz CT molecular complexity index is 1020. The van der Waals surface area contributed by atoms with Crippen molar-refractivity contribution in [3.63, 3.8) is 0 Å². The van der Waals surface area contributed by atoms with E-state index in [1.807, 2.05) is 18.2 Å². The fraction of sp³-hybridized carbons (Fsp3) is 0.235. The van der Waals surface area contributed by atoms with Gasteiger partial charge in [0.2, 0.25) is 10.0 Å². The molecule has 0 bridgehead atoms. The molecule has 7 heteroatoms. The van der Waals surface area contributed by atoms with Gasteiger partial charge in [-0.25, -0.2) is 8.42 Å². The molecule has 0 unspecified atom stereocenters. The van der Waals surface area contributed by atoms with Gasteiger partial charge in [-0.1, -0.05) is 32.0 Å². The number of para-hydroxylation sites is 1. The van der Waals surface area contributed by atoms with Crippen LogP contribution in [0.2, 0.25) is 0 Å². The predicted octanol–water partition coefficient (Wildman–Crippen LogP) is 2.97. The molecule has 2 N–H and O–H groups in total. The third-order valence-corrected chi connectivity index (χ3v) is 5.31. The van der Waals surface area contributed by atoms with Crippen molar-refractivity contribution in [3.05, 3.63) is 42.5 Å². The monoisotopic (exact) mass is 347 g/mol. The van der Waals surface area contributed by atoms with Crippen LogP contribution in [0.3, 0.4) is 0 Å². The Kier molecular flexibility index (Phi) is 4.06. The molecule has 1 heterocycles. The molecule has 0 spiro atoms. The summed E-state index contributed by atoms with van der Waals surface area (Å²) in [4.78, 5) is 11.3. The normalized spacial score (nSPS) is 13.6. The minimum atomic E-state index is -3.96. The maximum Gasteiger partial charge on any atom is 0.322 e. The molecule has 126 valence electrons. The summed E-state index contributed by atoms with van der Waals surface area (Å²) in [7, 11) is -3.96. The first kappa shape index (κ1) is 16.5. The highest BCUT2D eigenvalue weighted by Crippen LogP contribution is 2.30. The van der Waals surface area contributed by atoms with Gasteiger partial charge in [0.05, 0.1) is 4.90 Å². The van der Waals surface area contributed by atoms with Crippen LogP contribution >= 0.6 is 0 Å². The van der Waals surface area contributed by atoms with E-state index in [0.717, 1.165) is 5.39 Å². The number of carboxylic acids is 1. The van der Waals surface area contributed by atoms with Crippen LogP contribution in [0, 0.1) is 5.92 Å². The molecule has 0 saturated carbocycles. The lowest BCUT2D eigenvalue weighted by Gasteiger charge is -2.17. The third kappa shape index (κ3) is 2.88. The van der Waals surface area contributed by atoms with E-state index in [0.29, 0.717) is 16.6 Å². The van der Waals surface area contributed by atoms with Gasteiger partial charge in [0.1, 0.15) is 17.2 Å². The van der Waals surface area contributed by atoms with E-state index in [1.54, 1.807) is 26.0 Å². The van der Waals surface area contributed by atoms with Crippen molar-refractivity contribution in [2.75, 3.05) is 0 Å². The van der Waals surface area contributed by atoms with Crippen LogP contribution in [0.1, 0.15) is 13.8 Å². The Morgan fingerprint density at radius 2 is 1.75 bits per heavy atom. The SMILES string of the molecule is CC(C)[C@H](NS(=O)(=O)c1ccc2oc3ccccc3c2c1)C(=O)O. The second-order valence-corrected chi connectivity index (χ2v) is 7.65. The van der Waals surface area contributed by atoms with Crippen LogP contribution in [0.25, 0.3) is 21.9 Å². The van der Waals surface area contributed by atoms with E-state index in [-0.39, 0.29) is 10.8 Å². The standard InChI is InChI=1S/C17H17NO5S/c1-10(2)16(17(19)20)18-24(21,22)11-7-8-15-13(9-11)12-5-3-4-6-14(12)23-15/h3-10,16,18H,1-2H3,(H,19,20)/t16-/m0/s1. The van der Waals surface area contributed by atoms with E-state index in [4.69, 9.17) is 4.42 Å². The molecule has 0 aliphatic heterocycles. The maximum absolute atomic E-state index is 12.5. The molecular formula is C17H17NO5S. The first-order valence-corrected chi connectivity index (χ1v) is 8.94. The Hall–Kier alpha value is -2.38. The van der Waals surface area contributed by atoms with E-state index in [1.165, 1.54) is 12.1 Å². The van der Waals surface area contributed by atoms with Crippen LogP contribution in [0.15, 0.2) is 51.8 Å². The highest BCUT2D eigenvalue weighted by molar-refractivity contribution is 7.89. The lowest BCUT2D eigenvalue weighted by atomic mass is 10.1. The third-order valence-electron chi connectivity index (χ3n) is 3.87. The summed E-state index contributed by atoms with van der Waals surface area (Å²) in [6.07, 6.45) is 0. The topological polar surface area (TPSA) is 96.6 Å². The van der Waals surface area contributed by atoms with Crippen molar-refractivity contribution in [3.8, 4) is 0 Å². The summed E-state index contributed by atoms with van der Waals surface area (Å²) in [6.45, 7) is 3.29. The van der Waals surface area contributed by atoms with Crippen LogP contribution in [-0.2, 0) is 14.8 Å². The van der Waals surface area contributed by atoms with E-state index in [9.17, 15) is 18.3 Å². The lowest BCUT2D eigenvalue weighted by molar-refractivity contribution is -0.140. The largest absolute Gasteiger partial charge is 0.480 e. The van der Waals surface area contributed by atoms with Crippen molar-refractivity contribution in [1.29, 1.82) is 0 Å². The number of carbonyl (C=O) groups is 1. The molecule has 3 rings (SSSR count). The molecule has 0 saturated heterocycles. The molecule has 0 fully saturated rings. The molecule has 24 heavy (non-hydrogen) atoms. The van der Waals surface area contributed by atoms with E-state index >= 15 is 0 Å². The number of nitrogens with one attached hydrogen (secondary N) is 1.